The number of amides is 1. The van der Waals surface area contributed by atoms with Gasteiger partial charge in [0, 0.05) is 19.2 Å². The molecule has 1 aliphatic rings. The minimum atomic E-state index is -0.690. The molecule has 0 saturated heterocycles. The number of carbonyl (C=O) groups excluding carboxylic acids is 2. The second-order valence-electron chi connectivity index (χ2n) is 11.6. The number of rotatable bonds is 16. The van der Waals surface area contributed by atoms with Crippen molar-refractivity contribution in [1.82, 2.24) is 10.6 Å². The highest BCUT2D eigenvalue weighted by molar-refractivity contribution is 5.75. The maximum Gasteiger partial charge on any atom is 0.408 e. The second-order valence-corrected chi connectivity index (χ2v) is 11.6. The second kappa shape index (κ2) is 17.5. The van der Waals surface area contributed by atoms with Crippen LogP contribution >= 0.6 is 0 Å². The van der Waals surface area contributed by atoms with Crippen LogP contribution in [0.5, 0.6) is 0 Å². The number of hydrogen-bond donors (Lipinski definition) is 3. The van der Waals surface area contributed by atoms with Gasteiger partial charge in [-0.25, -0.2) is 4.79 Å². The first-order chi connectivity index (χ1) is 19.0. The minimum absolute atomic E-state index is 0.0197. The molecule has 0 radical (unpaired) electrons. The van der Waals surface area contributed by atoms with Crippen LogP contribution in [0, 0.1) is 5.92 Å². The van der Waals surface area contributed by atoms with E-state index in [9.17, 15) is 9.59 Å². The monoisotopic (exact) mass is 565 g/mol. The number of nitrogens with one attached hydrogen (secondary N) is 2. The number of carbonyl (C=O) groups is 2. The largest absolute Gasteiger partial charge is 0.460 e. The number of esters is 1. The van der Waals surface area contributed by atoms with Gasteiger partial charge in [0.2, 0.25) is 0 Å². The molecular weight excluding hydrogens is 514 g/mol. The molecule has 228 valence electrons. The molecule has 1 aromatic carbocycles. The summed E-state index contributed by atoms with van der Waals surface area (Å²) in [4.78, 5) is 26.1. The van der Waals surface area contributed by atoms with E-state index in [1.165, 1.54) is 0 Å². The quantitative estimate of drug-likeness (QED) is 0.155. The Bertz CT molecular complexity index is 857. The summed E-state index contributed by atoms with van der Waals surface area (Å²) in [6, 6.07) is 7.53. The molecule has 4 N–H and O–H groups in total. The van der Waals surface area contributed by atoms with Gasteiger partial charge in [-0.1, -0.05) is 49.6 Å². The average Bonchev–Trinajstić information content (AvgIpc) is 2.91. The molecule has 1 amide bonds. The Morgan fingerprint density at radius 3 is 2.33 bits per heavy atom. The van der Waals surface area contributed by atoms with Gasteiger partial charge in [-0.3, -0.25) is 10.1 Å². The van der Waals surface area contributed by atoms with E-state index in [0.717, 1.165) is 37.7 Å². The number of methoxy groups -OCH3 is 1. The van der Waals surface area contributed by atoms with Gasteiger partial charge >= 0.3 is 12.1 Å². The molecule has 0 heterocycles. The standard InChI is InChI=1S/C30H51N3O7/c1-21(31)27(39-20-37-18-17-36-6)26(33-29(35)40-30(3,4)5)25(24-15-11-8-12-16-24)32-22(2)28(34)38-19-23-13-9-7-10-14-23/h7,9-10,13-14,21-22,24-27,32H,8,11-12,15-20,31H2,1-6H3,(H,33,35)/t21-,22?,25?,26-,27+/m0/s1. The van der Waals surface area contributed by atoms with Gasteiger partial charge in [-0.2, -0.15) is 0 Å². The lowest BCUT2D eigenvalue weighted by Crippen LogP contribution is -2.65. The van der Waals surface area contributed by atoms with Crippen LogP contribution in [0.4, 0.5) is 4.79 Å². The lowest BCUT2D eigenvalue weighted by molar-refractivity contribution is -0.148. The Hall–Kier alpha value is -2.24. The van der Waals surface area contributed by atoms with E-state index in [-0.39, 0.29) is 31.3 Å². The number of benzene rings is 1. The van der Waals surface area contributed by atoms with Crippen molar-refractivity contribution in [3.63, 3.8) is 0 Å². The Morgan fingerprint density at radius 1 is 1.05 bits per heavy atom. The molecule has 5 atom stereocenters. The van der Waals surface area contributed by atoms with E-state index in [1.54, 1.807) is 14.0 Å². The van der Waals surface area contributed by atoms with Gasteiger partial charge in [-0.05, 0) is 58.9 Å². The number of alkyl carbamates (subject to hydrolysis) is 1. The zero-order valence-corrected chi connectivity index (χ0v) is 25.1. The maximum atomic E-state index is 13.1. The first-order valence-electron chi connectivity index (χ1n) is 14.4. The van der Waals surface area contributed by atoms with Crippen molar-refractivity contribution in [3.8, 4) is 0 Å². The van der Waals surface area contributed by atoms with Gasteiger partial charge in [0.1, 0.15) is 25.0 Å². The molecule has 10 heteroatoms. The van der Waals surface area contributed by atoms with Crippen LogP contribution in [0.2, 0.25) is 0 Å². The van der Waals surface area contributed by atoms with E-state index in [1.807, 2.05) is 58.0 Å². The van der Waals surface area contributed by atoms with Crippen LogP contribution in [0.25, 0.3) is 0 Å². The van der Waals surface area contributed by atoms with Gasteiger partial charge in [0.05, 0.1) is 25.4 Å². The minimum Gasteiger partial charge on any atom is -0.460 e. The van der Waals surface area contributed by atoms with Crippen molar-refractivity contribution in [2.45, 2.75) is 109 Å². The third-order valence-electron chi connectivity index (χ3n) is 6.90. The molecule has 2 rings (SSSR count). The van der Waals surface area contributed by atoms with Gasteiger partial charge < -0.3 is 34.7 Å². The molecule has 2 unspecified atom stereocenters. The highest BCUT2D eigenvalue weighted by Gasteiger charge is 2.41. The molecule has 1 saturated carbocycles. The summed E-state index contributed by atoms with van der Waals surface area (Å²) in [6.45, 7) is 10.0. The Balaban J connectivity index is 2.28. The van der Waals surface area contributed by atoms with E-state index >= 15 is 0 Å². The normalized spacial score (nSPS) is 18.3. The van der Waals surface area contributed by atoms with Gasteiger partial charge in [0.25, 0.3) is 0 Å². The maximum absolute atomic E-state index is 13.1. The highest BCUT2D eigenvalue weighted by Crippen LogP contribution is 2.30. The zero-order valence-electron chi connectivity index (χ0n) is 25.1. The first kappa shape index (κ1) is 34.0. The van der Waals surface area contributed by atoms with Crippen LogP contribution in [0.1, 0.15) is 72.3 Å². The Morgan fingerprint density at radius 2 is 1.73 bits per heavy atom. The summed E-state index contributed by atoms with van der Waals surface area (Å²) in [5.41, 5.74) is 6.66. The van der Waals surface area contributed by atoms with Crippen LogP contribution in [0.15, 0.2) is 30.3 Å². The summed E-state index contributed by atoms with van der Waals surface area (Å²) in [5.74, 6) is -0.195. The summed E-state index contributed by atoms with van der Waals surface area (Å²) in [7, 11) is 1.60. The fraction of sp³-hybridized carbons (Fsp3) is 0.733. The fourth-order valence-corrected chi connectivity index (χ4v) is 4.97. The predicted octanol–water partition coefficient (Wildman–Crippen LogP) is 3.90. The fourth-order valence-electron chi connectivity index (χ4n) is 4.97. The van der Waals surface area contributed by atoms with Crippen molar-refractivity contribution >= 4 is 12.1 Å². The SMILES string of the molecule is COCCOCO[C@H]([C@H](C)N)[C@@H](NC(=O)OC(C)(C)C)C(NC(C)C(=O)OCc1ccccc1)C1CCCCC1. The number of hydrogen-bond acceptors (Lipinski definition) is 9. The van der Waals surface area contributed by atoms with Gasteiger partial charge in [0.15, 0.2) is 0 Å². The molecule has 1 aromatic rings. The molecule has 0 aromatic heterocycles. The van der Waals surface area contributed by atoms with Crippen LogP contribution in [-0.2, 0) is 35.1 Å². The Labute approximate surface area is 240 Å². The van der Waals surface area contributed by atoms with Crippen LogP contribution in [0.3, 0.4) is 0 Å². The molecule has 0 bridgehead atoms. The van der Waals surface area contributed by atoms with Crippen molar-refractivity contribution in [2.24, 2.45) is 11.7 Å². The smallest absolute Gasteiger partial charge is 0.408 e. The average molecular weight is 566 g/mol. The summed E-state index contributed by atoms with van der Waals surface area (Å²) in [5, 5.41) is 6.54. The summed E-state index contributed by atoms with van der Waals surface area (Å²) >= 11 is 0. The van der Waals surface area contributed by atoms with E-state index in [0.29, 0.717) is 13.2 Å². The van der Waals surface area contributed by atoms with Crippen LogP contribution in [-0.4, -0.2) is 75.1 Å². The van der Waals surface area contributed by atoms with Gasteiger partial charge in [-0.15, -0.1) is 0 Å². The van der Waals surface area contributed by atoms with Crippen molar-refractivity contribution in [2.75, 3.05) is 27.1 Å². The molecule has 40 heavy (non-hydrogen) atoms. The molecule has 0 spiro atoms. The number of ether oxygens (including phenoxy) is 5. The molecular formula is C30H51N3O7. The first-order valence-corrected chi connectivity index (χ1v) is 14.4. The van der Waals surface area contributed by atoms with E-state index in [2.05, 4.69) is 10.6 Å². The van der Waals surface area contributed by atoms with Crippen molar-refractivity contribution < 1.29 is 33.3 Å². The van der Waals surface area contributed by atoms with E-state index in [4.69, 9.17) is 29.4 Å². The summed E-state index contributed by atoms with van der Waals surface area (Å²) in [6.07, 6.45) is 3.99. The molecule has 0 aliphatic heterocycles. The van der Waals surface area contributed by atoms with Crippen molar-refractivity contribution in [3.05, 3.63) is 35.9 Å². The van der Waals surface area contributed by atoms with E-state index < -0.39 is 35.9 Å². The third kappa shape index (κ3) is 12.5. The predicted molar refractivity (Wildman–Crippen MR) is 154 cm³/mol. The topological polar surface area (TPSA) is 130 Å². The Kier molecular flexibility index (Phi) is 14.9. The third-order valence-corrected chi connectivity index (χ3v) is 6.90. The summed E-state index contributed by atoms with van der Waals surface area (Å²) < 4.78 is 28.0. The van der Waals surface area contributed by atoms with Crippen molar-refractivity contribution in [1.29, 1.82) is 0 Å². The number of nitrogens with two attached hydrogens (primary N) is 1. The lowest BCUT2D eigenvalue weighted by atomic mass is 9.78. The molecule has 1 aliphatic carbocycles. The zero-order chi connectivity index (χ0) is 29.5. The highest BCUT2D eigenvalue weighted by atomic mass is 16.7. The van der Waals surface area contributed by atoms with Crippen LogP contribution < -0.4 is 16.4 Å². The molecule has 10 nitrogen and oxygen atoms in total. The lowest BCUT2D eigenvalue weighted by Gasteiger charge is -2.42. The molecule has 1 fully saturated rings.